The van der Waals surface area contributed by atoms with Crippen molar-refractivity contribution in [3.8, 4) is 11.5 Å². The average molecular weight is 457 g/mol. The zero-order valence-corrected chi connectivity index (χ0v) is 20.9. The van der Waals surface area contributed by atoms with Crippen LogP contribution in [-0.2, 0) is 6.42 Å². The monoisotopic (exact) mass is 456 g/mol. The highest BCUT2D eigenvalue weighted by Gasteiger charge is 2.26. The number of allylic oxidation sites excluding steroid dienone is 2. The third kappa shape index (κ3) is 5.70. The maximum atomic E-state index is 13.3. The normalized spacial score (nSPS) is 15.9. The van der Waals surface area contributed by atoms with Gasteiger partial charge in [-0.2, -0.15) is 0 Å². The van der Waals surface area contributed by atoms with Crippen LogP contribution in [0.25, 0.3) is 10.8 Å². The zero-order valence-electron chi connectivity index (χ0n) is 20.9. The Balaban J connectivity index is 1.75. The van der Waals surface area contributed by atoms with Gasteiger partial charge >= 0.3 is 5.97 Å². The summed E-state index contributed by atoms with van der Waals surface area (Å²) < 4.78 is 12.5. The van der Waals surface area contributed by atoms with Crippen LogP contribution in [0.5, 0.6) is 11.5 Å². The number of esters is 1. The Morgan fingerprint density at radius 1 is 1.03 bits per heavy atom. The summed E-state index contributed by atoms with van der Waals surface area (Å²) in [5.41, 5.74) is 4.14. The summed E-state index contributed by atoms with van der Waals surface area (Å²) in [6.45, 7) is 8.48. The Morgan fingerprint density at radius 2 is 1.79 bits per heavy atom. The Morgan fingerprint density at radius 3 is 2.53 bits per heavy atom. The molecule has 34 heavy (non-hydrogen) atoms. The van der Waals surface area contributed by atoms with E-state index in [1.54, 1.807) is 0 Å². The van der Waals surface area contributed by atoms with Crippen molar-refractivity contribution in [2.45, 2.75) is 78.2 Å². The molecule has 0 aliphatic heterocycles. The molecule has 1 unspecified atom stereocenters. The van der Waals surface area contributed by atoms with E-state index in [0.29, 0.717) is 11.3 Å². The molecule has 0 saturated carbocycles. The number of ether oxygens (including phenoxy) is 2. The van der Waals surface area contributed by atoms with Gasteiger partial charge in [0.1, 0.15) is 11.5 Å². The fraction of sp³-hybridized carbons (Fsp3) is 0.387. The SMILES string of the molecule is CCCCc1cc(OC(=O)c2ccc3ccccc3c2)c(C2CCC=C(C)C2)c(OC(C)C)c1. The molecule has 0 heterocycles. The number of carbonyl (C=O) groups excluding carboxylic acids is 1. The van der Waals surface area contributed by atoms with Crippen molar-refractivity contribution in [1.82, 2.24) is 0 Å². The average Bonchev–Trinajstić information content (AvgIpc) is 2.82. The molecule has 1 aliphatic rings. The van der Waals surface area contributed by atoms with Gasteiger partial charge in [0.2, 0.25) is 0 Å². The molecule has 178 valence electrons. The summed E-state index contributed by atoms with van der Waals surface area (Å²) in [5, 5.41) is 2.14. The third-order valence-corrected chi connectivity index (χ3v) is 6.52. The third-order valence-electron chi connectivity index (χ3n) is 6.52. The molecule has 3 heteroatoms. The van der Waals surface area contributed by atoms with Gasteiger partial charge in [-0.15, -0.1) is 0 Å². The van der Waals surface area contributed by atoms with Crippen molar-refractivity contribution < 1.29 is 14.3 Å². The van der Waals surface area contributed by atoms with Crippen LogP contribution in [-0.4, -0.2) is 12.1 Å². The zero-order chi connectivity index (χ0) is 24.1. The maximum Gasteiger partial charge on any atom is 0.343 e. The van der Waals surface area contributed by atoms with E-state index >= 15 is 0 Å². The van der Waals surface area contributed by atoms with Crippen molar-refractivity contribution in [2.75, 3.05) is 0 Å². The molecule has 1 aliphatic carbocycles. The number of hydrogen-bond acceptors (Lipinski definition) is 3. The van der Waals surface area contributed by atoms with Gasteiger partial charge in [0.05, 0.1) is 11.7 Å². The Hall–Kier alpha value is -3.07. The second-order valence-electron chi connectivity index (χ2n) is 9.76. The summed E-state index contributed by atoms with van der Waals surface area (Å²) in [6, 6.07) is 18.1. The lowest BCUT2D eigenvalue weighted by Crippen LogP contribution is -2.16. The lowest BCUT2D eigenvalue weighted by atomic mass is 9.82. The van der Waals surface area contributed by atoms with Crippen molar-refractivity contribution in [2.24, 2.45) is 0 Å². The van der Waals surface area contributed by atoms with Crippen molar-refractivity contribution in [3.05, 3.63) is 82.9 Å². The molecule has 0 amide bonds. The molecule has 3 aromatic rings. The van der Waals surface area contributed by atoms with Crippen LogP contribution in [0, 0.1) is 0 Å². The number of benzene rings is 3. The summed E-state index contributed by atoms with van der Waals surface area (Å²) in [4.78, 5) is 13.3. The van der Waals surface area contributed by atoms with Crippen LogP contribution in [0.4, 0.5) is 0 Å². The number of unbranched alkanes of at least 4 members (excludes halogenated alkanes) is 1. The molecule has 3 nitrogen and oxygen atoms in total. The first kappa shape index (κ1) is 24.1. The first-order valence-corrected chi connectivity index (χ1v) is 12.6. The van der Waals surface area contributed by atoms with Crippen LogP contribution in [0.1, 0.15) is 87.2 Å². The predicted molar refractivity (Wildman–Crippen MR) is 140 cm³/mol. The van der Waals surface area contributed by atoms with Gasteiger partial charge in [-0.3, -0.25) is 0 Å². The Kier molecular flexibility index (Phi) is 7.72. The Bertz CT molecular complexity index is 1190. The van der Waals surface area contributed by atoms with Crippen molar-refractivity contribution in [3.63, 3.8) is 0 Å². The van der Waals surface area contributed by atoms with Crippen LogP contribution in [0.15, 0.2) is 66.2 Å². The predicted octanol–water partition coefficient (Wildman–Crippen LogP) is 8.40. The van der Waals surface area contributed by atoms with Crippen LogP contribution in [0.2, 0.25) is 0 Å². The van der Waals surface area contributed by atoms with E-state index in [9.17, 15) is 4.79 Å². The molecule has 0 bridgehead atoms. The van der Waals surface area contributed by atoms with Gasteiger partial charge in [-0.05, 0) is 99.4 Å². The molecule has 4 rings (SSSR count). The molecular weight excluding hydrogens is 420 g/mol. The molecule has 0 N–H and O–H groups in total. The molecule has 3 aromatic carbocycles. The number of rotatable bonds is 8. The first-order chi connectivity index (χ1) is 16.4. The fourth-order valence-electron chi connectivity index (χ4n) is 4.85. The molecule has 0 fully saturated rings. The summed E-state index contributed by atoms with van der Waals surface area (Å²) in [7, 11) is 0. The number of fused-ring (bicyclic) bond motifs is 1. The summed E-state index contributed by atoms with van der Waals surface area (Å²) in [6.07, 6.45) is 8.53. The lowest BCUT2D eigenvalue weighted by molar-refractivity contribution is 0.0731. The molecule has 1 atom stereocenters. The second-order valence-corrected chi connectivity index (χ2v) is 9.76. The first-order valence-electron chi connectivity index (χ1n) is 12.6. The maximum absolute atomic E-state index is 13.3. The van der Waals surface area contributed by atoms with Crippen LogP contribution in [0.3, 0.4) is 0 Å². The minimum atomic E-state index is -0.321. The van der Waals surface area contributed by atoms with E-state index in [4.69, 9.17) is 9.47 Å². The smallest absolute Gasteiger partial charge is 0.343 e. The highest BCUT2D eigenvalue weighted by molar-refractivity contribution is 5.96. The topological polar surface area (TPSA) is 35.5 Å². The Labute approximate surface area is 203 Å². The standard InChI is InChI=1S/C31H36O3/c1-5-6-11-23-18-28(33-21(2)3)30(26-14-9-10-22(4)17-26)29(19-23)34-31(32)27-16-15-24-12-7-8-13-25(24)20-27/h7-8,10,12-13,15-16,18-21,26H,5-6,9,11,14,17H2,1-4H3. The van der Waals surface area contributed by atoms with E-state index in [-0.39, 0.29) is 18.0 Å². The fourth-order valence-corrected chi connectivity index (χ4v) is 4.85. The lowest BCUT2D eigenvalue weighted by Gasteiger charge is -2.27. The van der Waals surface area contributed by atoms with Gasteiger partial charge in [-0.1, -0.05) is 55.3 Å². The molecule has 0 saturated heterocycles. The van der Waals surface area contributed by atoms with Gasteiger partial charge in [0.15, 0.2) is 0 Å². The van der Waals surface area contributed by atoms with Gasteiger partial charge in [0.25, 0.3) is 0 Å². The highest BCUT2D eigenvalue weighted by Crippen LogP contribution is 2.44. The number of hydrogen-bond donors (Lipinski definition) is 0. The van der Waals surface area contributed by atoms with E-state index in [2.05, 4.69) is 45.9 Å². The quantitative estimate of drug-likeness (QED) is 0.194. The largest absolute Gasteiger partial charge is 0.491 e. The van der Waals surface area contributed by atoms with Crippen LogP contribution < -0.4 is 9.47 Å². The van der Waals surface area contributed by atoms with E-state index in [0.717, 1.165) is 66.2 Å². The van der Waals surface area contributed by atoms with E-state index in [1.165, 1.54) is 5.57 Å². The van der Waals surface area contributed by atoms with Gasteiger partial charge in [0, 0.05) is 5.56 Å². The molecule has 0 aromatic heterocycles. The molecular formula is C31H36O3. The minimum absolute atomic E-state index is 0.0458. The van der Waals surface area contributed by atoms with Crippen LogP contribution >= 0.6 is 0 Å². The van der Waals surface area contributed by atoms with Gasteiger partial charge in [-0.25, -0.2) is 4.79 Å². The van der Waals surface area contributed by atoms with Gasteiger partial charge < -0.3 is 9.47 Å². The number of aryl methyl sites for hydroxylation is 1. The van der Waals surface area contributed by atoms with Crippen molar-refractivity contribution in [1.29, 1.82) is 0 Å². The highest BCUT2D eigenvalue weighted by atomic mass is 16.5. The molecule has 0 radical (unpaired) electrons. The molecule has 0 spiro atoms. The van der Waals surface area contributed by atoms with E-state index < -0.39 is 0 Å². The minimum Gasteiger partial charge on any atom is -0.491 e. The summed E-state index contributed by atoms with van der Waals surface area (Å²) in [5.74, 6) is 1.48. The second kappa shape index (κ2) is 10.9. The number of carbonyl (C=O) groups is 1. The van der Waals surface area contributed by atoms with E-state index in [1.807, 2.05) is 42.5 Å². The van der Waals surface area contributed by atoms with Crippen molar-refractivity contribution >= 4 is 16.7 Å². The summed E-state index contributed by atoms with van der Waals surface area (Å²) >= 11 is 0.